The van der Waals surface area contributed by atoms with Gasteiger partial charge in [-0.15, -0.1) is 0 Å². The number of aryl methyl sites for hydroxylation is 1. The van der Waals surface area contributed by atoms with Crippen LogP contribution >= 0.6 is 11.8 Å². The topological polar surface area (TPSA) is 50.9 Å². The van der Waals surface area contributed by atoms with Crippen LogP contribution in [0.4, 0.5) is 0 Å². The highest BCUT2D eigenvalue weighted by Crippen LogP contribution is 2.37. The van der Waals surface area contributed by atoms with Gasteiger partial charge in [-0.05, 0) is 31.4 Å². The van der Waals surface area contributed by atoms with Crippen molar-refractivity contribution in [3.63, 3.8) is 0 Å². The van der Waals surface area contributed by atoms with Crippen LogP contribution in [0.15, 0.2) is 0 Å². The number of aliphatic hydroxyl groups is 1. The van der Waals surface area contributed by atoms with Crippen molar-refractivity contribution in [2.24, 2.45) is 0 Å². The number of aromatic nitrogens is 3. The number of rotatable bonds is 2. The van der Waals surface area contributed by atoms with Crippen molar-refractivity contribution < 1.29 is 5.11 Å². The molecule has 1 N–H and O–H groups in total. The number of aliphatic hydroxyl groups excluding tert-OH is 1. The zero-order valence-corrected chi connectivity index (χ0v) is 10.8. The Balaban J connectivity index is 1.84. The number of hydrogen-bond acceptors (Lipinski definition) is 4. The van der Waals surface area contributed by atoms with Crippen molar-refractivity contribution in [2.75, 3.05) is 12.4 Å². The fourth-order valence-corrected chi connectivity index (χ4v) is 3.95. The molecule has 0 radical (unpaired) electrons. The van der Waals surface area contributed by atoms with Crippen molar-refractivity contribution in [2.45, 2.75) is 49.8 Å². The number of hydrogen-bond donors (Lipinski definition) is 1. The number of nitrogens with zero attached hydrogens (tertiary/aromatic N) is 3. The molecule has 5 heteroatoms. The lowest BCUT2D eigenvalue weighted by molar-refractivity contribution is 0.234. The van der Waals surface area contributed by atoms with Crippen LogP contribution in [-0.2, 0) is 6.54 Å². The SMILES string of the molecule is OCC1CCCn2nc(C3CCCCS3)nc21. The fraction of sp³-hybridized carbons (Fsp3) is 0.833. The second-order valence-electron chi connectivity index (χ2n) is 4.93. The quantitative estimate of drug-likeness (QED) is 0.877. The van der Waals surface area contributed by atoms with Gasteiger partial charge in [0.05, 0.1) is 11.9 Å². The molecule has 17 heavy (non-hydrogen) atoms. The molecule has 4 nitrogen and oxygen atoms in total. The van der Waals surface area contributed by atoms with E-state index in [1.54, 1.807) is 0 Å². The van der Waals surface area contributed by atoms with E-state index in [1.165, 1.54) is 25.0 Å². The van der Waals surface area contributed by atoms with E-state index in [0.717, 1.165) is 31.0 Å². The van der Waals surface area contributed by atoms with Gasteiger partial charge in [-0.3, -0.25) is 0 Å². The minimum Gasteiger partial charge on any atom is -0.396 e. The van der Waals surface area contributed by atoms with Gasteiger partial charge in [-0.25, -0.2) is 9.67 Å². The standard InChI is InChI=1S/C12H19N3OS/c16-8-9-4-3-6-15-12(9)13-11(14-15)10-5-1-2-7-17-10/h9-10,16H,1-8H2. The Hall–Kier alpha value is -0.550. The van der Waals surface area contributed by atoms with Crippen LogP contribution in [0.25, 0.3) is 0 Å². The van der Waals surface area contributed by atoms with Crippen molar-refractivity contribution in [3.8, 4) is 0 Å². The van der Waals surface area contributed by atoms with E-state index in [0.29, 0.717) is 5.25 Å². The van der Waals surface area contributed by atoms with Gasteiger partial charge < -0.3 is 5.11 Å². The van der Waals surface area contributed by atoms with Gasteiger partial charge in [0.1, 0.15) is 5.82 Å². The maximum Gasteiger partial charge on any atom is 0.163 e. The molecule has 1 aromatic heterocycles. The molecule has 0 spiro atoms. The molecular weight excluding hydrogens is 234 g/mol. The second-order valence-corrected chi connectivity index (χ2v) is 6.24. The van der Waals surface area contributed by atoms with E-state index in [2.05, 4.69) is 5.10 Å². The summed E-state index contributed by atoms with van der Waals surface area (Å²) in [5, 5.41) is 14.5. The highest BCUT2D eigenvalue weighted by atomic mass is 32.2. The van der Waals surface area contributed by atoms with E-state index in [-0.39, 0.29) is 12.5 Å². The van der Waals surface area contributed by atoms with Gasteiger partial charge in [0.25, 0.3) is 0 Å². The summed E-state index contributed by atoms with van der Waals surface area (Å²) in [4.78, 5) is 4.70. The summed E-state index contributed by atoms with van der Waals surface area (Å²) in [6.07, 6.45) is 5.99. The summed E-state index contributed by atoms with van der Waals surface area (Å²) in [7, 11) is 0. The molecule has 2 unspecified atom stereocenters. The molecule has 0 aliphatic carbocycles. The molecule has 2 atom stereocenters. The van der Waals surface area contributed by atoms with Crippen LogP contribution in [0.5, 0.6) is 0 Å². The summed E-state index contributed by atoms with van der Waals surface area (Å²) in [6.45, 7) is 1.17. The first-order valence-corrected chi connectivity index (χ1v) is 7.60. The molecule has 0 aromatic carbocycles. The molecule has 0 bridgehead atoms. The van der Waals surface area contributed by atoms with Crippen LogP contribution in [0.2, 0.25) is 0 Å². The van der Waals surface area contributed by atoms with Crippen molar-refractivity contribution in [3.05, 3.63) is 11.6 Å². The second kappa shape index (κ2) is 4.98. The summed E-state index contributed by atoms with van der Waals surface area (Å²) in [5.41, 5.74) is 0. The monoisotopic (exact) mass is 253 g/mol. The molecule has 3 heterocycles. The van der Waals surface area contributed by atoms with E-state index >= 15 is 0 Å². The minimum atomic E-state index is 0.204. The van der Waals surface area contributed by atoms with Crippen LogP contribution in [0, 0.1) is 0 Å². The minimum absolute atomic E-state index is 0.204. The molecule has 1 fully saturated rings. The molecule has 94 valence electrons. The van der Waals surface area contributed by atoms with Gasteiger partial charge >= 0.3 is 0 Å². The Morgan fingerprint density at radius 1 is 1.29 bits per heavy atom. The lowest BCUT2D eigenvalue weighted by atomic mass is 10.0. The molecule has 2 aliphatic rings. The van der Waals surface area contributed by atoms with Gasteiger partial charge in [0.15, 0.2) is 5.82 Å². The van der Waals surface area contributed by atoms with Gasteiger partial charge in [0, 0.05) is 12.5 Å². The lowest BCUT2D eigenvalue weighted by Gasteiger charge is -2.19. The predicted molar refractivity (Wildman–Crippen MR) is 68.1 cm³/mol. The van der Waals surface area contributed by atoms with Crippen molar-refractivity contribution >= 4 is 11.8 Å². The average molecular weight is 253 g/mol. The first-order chi connectivity index (χ1) is 8.38. The van der Waals surface area contributed by atoms with Gasteiger partial charge in [0.2, 0.25) is 0 Å². The normalized spacial score (nSPS) is 29.0. The Kier molecular flexibility index (Phi) is 3.38. The van der Waals surface area contributed by atoms with E-state index in [9.17, 15) is 5.11 Å². The molecular formula is C12H19N3OS. The van der Waals surface area contributed by atoms with E-state index < -0.39 is 0 Å². The van der Waals surface area contributed by atoms with Crippen LogP contribution < -0.4 is 0 Å². The molecule has 1 saturated heterocycles. The van der Waals surface area contributed by atoms with Crippen LogP contribution in [0.3, 0.4) is 0 Å². The Bertz CT molecular complexity index is 387. The zero-order valence-electron chi connectivity index (χ0n) is 10.0. The largest absolute Gasteiger partial charge is 0.396 e. The van der Waals surface area contributed by atoms with Gasteiger partial charge in [-0.2, -0.15) is 16.9 Å². The molecule has 3 rings (SSSR count). The third-order valence-electron chi connectivity index (χ3n) is 3.69. The summed E-state index contributed by atoms with van der Waals surface area (Å²) in [5.74, 6) is 3.46. The number of fused-ring (bicyclic) bond motifs is 1. The molecule has 1 aromatic rings. The first-order valence-electron chi connectivity index (χ1n) is 6.55. The maximum absolute atomic E-state index is 9.37. The third kappa shape index (κ3) is 2.22. The Morgan fingerprint density at radius 2 is 2.24 bits per heavy atom. The smallest absolute Gasteiger partial charge is 0.163 e. The maximum atomic E-state index is 9.37. The van der Waals surface area contributed by atoms with E-state index in [1.807, 2.05) is 16.4 Å². The first kappa shape index (κ1) is 11.5. The summed E-state index contributed by atoms with van der Waals surface area (Å²) in [6, 6.07) is 0. The number of thioether (sulfide) groups is 1. The summed E-state index contributed by atoms with van der Waals surface area (Å²) >= 11 is 1.99. The highest BCUT2D eigenvalue weighted by molar-refractivity contribution is 7.99. The highest BCUT2D eigenvalue weighted by Gasteiger charge is 2.27. The Labute approximate surface area is 106 Å². The van der Waals surface area contributed by atoms with Crippen molar-refractivity contribution in [1.82, 2.24) is 14.8 Å². The molecule has 0 saturated carbocycles. The zero-order chi connectivity index (χ0) is 11.7. The predicted octanol–water partition coefficient (Wildman–Crippen LogP) is 2.11. The Morgan fingerprint density at radius 3 is 3.00 bits per heavy atom. The average Bonchev–Trinajstić information content (AvgIpc) is 2.83. The fourth-order valence-electron chi connectivity index (χ4n) is 2.71. The van der Waals surface area contributed by atoms with Crippen molar-refractivity contribution in [1.29, 1.82) is 0 Å². The summed E-state index contributed by atoms with van der Waals surface area (Å²) < 4.78 is 2.02. The van der Waals surface area contributed by atoms with Crippen LogP contribution in [-0.4, -0.2) is 32.2 Å². The lowest BCUT2D eigenvalue weighted by Crippen LogP contribution is -2.19. The van der Waals surface area contributed by atoms with Gasteiger partial charge in [-0.1, -0.05) is 6.42 Å². The molecule has 2 aliphatic heterocycles. The van der Waals surface area contributed by atoms with Crippen LogP contribution in [0.1, 0.15) is 54.9 Å². The molecule has 0 amide bonds. The third-order valence-corrected chi connectivity index (χ3v) is 5.07. The van der Waals surface area contributed by atoms with E-state index in [4.69, 9.17) is 4.98 Å².